The van der Waals surface area contributed by atoms with E-state index in [-0.39, 0.29) is 46.0 Å². The summed E-state index contributed by atoms with van der Waals surface area (Å²) >= 11 is 0. The van der Waals surface area contributed by atoms with Crippen molar-refractivity contribution >= 4 is 29.3 Å². The average molecular weight is 832 g/mol. The standard InChI is InChI=1S/C42H34F9N3O5/c1-58-34-14-8-21(28-17-22(7-12-32(28)44)37(42(49,50)51)59-40(57)53-24-4-2-3-23(43)18-24)16-30(34)38(55)54-36-27-11-10-26(29(27)15-20-5-6-20)35(36)39(56)52-25-9-13-33(45)31(19-25)41(46,47)48/h2-4,7-9,12-20,26-27,35-37H,5-6,10-11H2,1H3,(H,52,56)(H,53,57)(H,54,55)/b29-15-/t26?,27?,35-,36?,37?/m0/s1. The molecule has 310 valence electrons. The molecule has 2 bridgehead atoms. The number of nitrogens with one attached hydrogen (secondary N) is 3. The van der Waals surface area contributed by atoms with Gasteiger partial charge in [0.1, 0.15) is 23.2 Å². The maximum absolute atomic E-state index is 15.4. The van der Waals surface area contributed by atoms with E-state index in [2.05, 4.69) is 16.7 Å². The number of methoxy groups -OCH3 is 1. The Balaban J connectivity index is 1.17. The number of rotatable bonds is 10. The molecule has 0 heterocycles. The van der Waals surface area contributed by atoms with Crippen LogP contribution in [0.2, 0.25) is 0 Å². The summed E-state index contributed by atoms with van der Waals surface area (Å²) in [6.45, 7) is 0. The van der Waals surface area contributed by atoms with Gasteiger partial charge in [-0.05, 0) is 104 Å². The normalized spacial score (nSPS) is 21.2. The highest BCUT2D eigenvalue weighted by molar-refractivity contribution is 6.00. The SMILES string of the molecule is COc1ccc(-c2cc(C(OC(=O)Nc3cccc(F)c3)C(F)(F)F)ccc2F)cc1C(=O)NC1C2CCC(/C2=C/C2CC2)[C@@H]1C(=O)Nc1ccc(F)c(C(F)(F)F)c1. The molecule has 3 aliphatic carbocycles. The Kier molecular flexibility index (Phi) is 11.2. The number of amides is 3. The van der Waals surface area contributed by atoms with E-state index in [1.165, 1.54) is 37.4 Å². The number of allylic oxidation sites excluding steroid dienone is 1. The molecule has 17 heteroatoms. The molecule has 3 saturated carbocycles. The van der Waals surface area contributed by atoms with E-state index in [1.54, 1.807) is 0 Å². The lowest BCUT2D eigenvalue weighted by Crippen LogP contribution is -2.48. The number of halogens is 9. The molecule has 0 aliphatic heterocycles. The topological polar surface area (TPSA) is 106 Å². The first-order valence-corrected chi connectivity index (χ1v) is 18.4. The highest BCUT2D eigenvalue weighted by Gasteiger charge is 2.55. The van der Waals surface area contributed by atoms with Crippen LogP contribution in [-0.2, 0) is 15.7 Å². The number of hydrogen-bond donors (Lipinski definition) is 3. The molecule has 3 fully saturated rings. The van der Waals surface area contributed by atoms with Crippen molar-refractivity contribution < 1.29 is 63.4 Å². The smallest absolute Gasteiger partial charge is 0.429 e. The highest BCUT2D eigenvalue weighted by Crippen LogP contribution is 2.54. The number of carbonyl (C=O) groups excluding carboxylic acids is 3. The molecule has 0 spiro atoms. The first kappa shape index (κ1) is 41.2. The minimum Gasteiger partial charge on any atom is -0.496 e. The predicted octanol–water partition coefficient (Wildman–Crippen LogP) is 10.4. The Labute approximate surface area is 330 Å². The van der Waals surface area contributed by atoms with E-state index in [1.807, 2.05) is 5.32 Å². The number of ether oxygens (including phenoxy) is 2. The van der Waals surface area contributed by atoms with E-state index in [9.17, 15) is 49.5 Å². The van der Waals surface area contributed by atoms with Gasteiger partial charge < -0.3 is 20.1 Å². The average Bonchev–Trinajstić information content (AvgIpc) is 3.85. The van der Waals surface area contributed by atoms with Gasteiger partial charge in [-0.1, -0.05) is 29.8 Å². The van der Waals surface area contributed by atoms with Gasteiger partial charge in [-0.25, -0.2) is 18.0 Å². The summed E-state index contributed by atoms with van der Waals surface area (Å²) in [5.74, 6) is -6.15. The van der Waals surface area contributed by atoms with E-state index in [0.717, 1.165) is 54.8 Å². The van der Waals surface area contributed by atoms with Crippen LogP contribution in [0.5, 0.6) is 5.75 Å². The second-order valence-corrected chi connectivity index (χ2v) is 14.6. The van der Waals surface area contributed by atoms with Gasteiger partial charge in [-0.3, -0.25) is 14.9 Å². The lowest BCUT2D eigenvalue weighted by Gasteiger charge is -2.30. The largest absolute Gasteiger partial charge is 0.496 e. The lowest BCUT2D eigenvalue weighted by molar-refractivity contribution is -0.205. The lowest BCUT2D eigenvalue weighted by atomic mass is 9.83. The molecule has 4 aromatic carbocycles. The van der Waals surface area contributed by atoms with Crippen LogP contribution in [0.15, 0.2) is 90.5 Å². The van der Waals surface area contributed by atoms with Crippen LogP contribution < -0.4 is 20.7 Å². The van der Waals surface area contributed by atoms with Crippen molar-refractivity contribution in [3.05, 3.63) is 125 Å². The third-order valence-corrected chi connectivity index (χ3v) is 10.7. The number of fused-ring (bicyclic) bond motifs is 2. The number of benzene rings is 4. The fraction of sp³-hybridized carbons (Fsp3) is 0.310. The first-order chi connectivity index (χ1) is 27.9. The van der Waals surface area contributed by atoms with Crippen molar-refractivity contribution in [3.8, 4) is 16.9 Å². The third-order valence-electron chi connectivity index (χ3n) is 10.7. The van der Waals surface area contributed by atoms with E-state index in [4.69, 9.17) is 9.47 Å². The van der Waals surface area contributed by atoms with Crippen LogP contribution in [0.3, 0.4) is 0 Å². The van der Waals surface area contributed by atoms with E-state index in [0.29, 0.717) is 25.0 Å². The third kappa shape index (κ3) is 8.88. The predicted molar refractivity (Wildman–Crippen MR) is 195 cm³/mol. The van der Waals surface area contributed by atoms with Gasteiger partial charge in [-0.2, -0.15) is 26.3 Å². The van der Waals surface area contributed by atoms with Crippen molar-refractivity contribution in [2.75, 3.05) is 17.7 Å². The highest BCUT2D eigenvalue weighted by atomic mass is 19.4. The summed E-state index contributed by atoms with van der Waals surface area (Å²) in [4.78, 5) is 40.5. The fourth-order valence-electron chi connectivity index (χ4n) is 7.96. The number of carbonyl (C=O) groups is 3. The molecular formula is C42H34F9N3O5. The molecule has 3 N–H and O–H groups in total. The summed E-state index contributed by atoms with van der Waals surface area (Å²) in [6, 6.07) is 11.6. The minimum atomic E-state index is -5.19. The molecule has 3 amide bonds. The van der Waals surface area contributed by atoms with Gasteiger partial charge in [0.15, 0.2) is 0 Å². The fourth-order valence-corrected chi connectivity index (χ4v) is 7.96. The number of hydrogen-bond acceptors (Lipinski definition) is 5. The molecule has 0 saturated heterocycles. The summed E-state index contributed by atoms with van der Waals surface area (Å²) in [7, 11) is 1.25. The first-order valence-electron chi connectivity index (χ1n) is 18.4. The maximum atomic E-state index is 15.4. The molecule has 7 rings (SSSR count). The summed E-state index contributed by atoms with van der Waals surface area (Å²) in [5, 5.41) is 7.37. The molecule has 5 atom stereocenters. The summed E-state index contributed by atoms with van der Waals surface area (Å²) in [6.07, 6.45) is -9.58. The van der Waals surface area contributed by atoms with Crippen molar-refractivity contribution in [3.63, 3.8) is 0 Å². The monoisotopic (exact) mass is 831 g/mol. The summed E-state index contributed by atoms with van der Waals surface area (Å²) in [5.41, 5.74) is -2.45. The molecule has 3 aliphatic rings. The Morgan fingerprint density at radius 1 is 0.780 bits per heavy atom. The van der Waals surface area contributed by atoms with Gasteiger partial charge in [-0.15, -0.1) is 0 Å². The van der Waals surface area contributed by atoms with Crippen molar-refractivity contribution in [2.45, 2.75) is 50.2 Å². The van der Waals surface area contributed by atoms with Crippen LogP contribution in [-0.4, -0.2) is 37.2 Å². The summed E-state index contributed by atoms with van der Waals surface area (Å²) < 4.78 is 136. The quantitative estimate of drug-likeness (QED) is 0.109. The van der Waals surface area contributed by atoms with Crippen LogP contribution >= 0.6 is 0 Å². The molecule has 0 radical (unpaired) electrons. The van der Waals surface area contributed by atoms with Gasteiger partial charge in [0, 0.05) is 34.5 Å². The van der Waals surface area contributed by atoms with Gasteiger partial charge in [0.25, 0.3) is 5.91 Å². The van der Waals surface area contributed by atoms with E-state index >= 15 is 4.39 Å². The van der Waals surface area contributed by atoms with Crippen LogP contribution in [0.25, 0.3) is 11.1 Å². The van der Waals surface area contributed by atoms with Gasteiger partial charge >= 0.3 is 18.4 Å². The van der Waals surface area contributed by atoms with E-state index < -0.39 is 82.5 Å². The van der Waals surface area contributed by atoms with Crippen molar-refractivity contribution in [1.82, 2.24) is 5.32 Å². The molecule has 0 aromatic heterocycles. The molecule has 8 nitrogen and oxygen atoms in total. The van der Waals surface area contributed by atoms with Crippen molar-refractivity contribution in [1.29, 1.82) is 0 Å². The maximum Gasteiger partial charge on any atom is 0.429 e. The molecule has 4 unspecified atom stereocenters. The van der Waals surface area contributed by atoms with Gasteiger partial charge in [0.2, 0.25) is 12.0 Å². The second kappa shape index (κ2) is 16.0. The molecular weight excluding hydrogens is 797 g/mol. The second-order valence-electron chi connectivity index (χ2n) is 14.6. The number of anilines is 2. The Bertz CT molecular complexity index is 2330. The Morgan fingerprint density at radius 3 is 2.17 bits per heavy atom. The Morgan fingerprint density at radius 2 is 1.49 bits per heavy atom. The molecule has 4 aromatic rings. The zero-order valence-corrected chi connectivity index (χ0v) is 30.8. The molecule has 59 heavy (non-hydrogen) atoms. The zero-order chi connectivity index (χ0) is 42.4. The van der Waals surface area contributed by atoms with Crippen molar-refractivity contribution in [2.24, 2.45) is 23.7 Å². The van der Waals surface area contributed by atoms with Crippen LogP contribution in [0, 0.1) is 41.1 Å². The zero-order valence-electron chi connectivity index (χ0n) is 30.8. The van der Waals surface area contributed by atoms with Crippen LogP contribution in [0.4, 0.5) is 55.7 Å². The Hall–Kier alpha value is -6.00. The number of alkyl halides is 6. The van der Waals surface area contributed by atoms with Crippen LogP contribution in [0.1, 0.15) is 53.3 Å². The van der Waals surface area contributed by atoms with Gasteiger partial charge in [0.05, 0.1) is 24.2 Å². The minimum absolute atomic E-state index is 0.0165.